The van der Waals surface area contributed by atoms with Crippen LogP contribution in [0, 0.1) is 6.92 Å². The fraction of sp³-hybridized carbons (Fsp3) is 0.250. The molecule has 27 heavy (non-hydrogen) atoms. The number of carbonyl (C=O) groups excluding carboxylic acids is 2. The fourth-order valence-electron chi connectivity index (χ4n) is 2.75. The van der Waals surface area contributed by atoms with E-state index in [9.17, 15) is 14.7 Å². The lowest BCUT2D eigenvalue weighted by Crippen LogP contribution is -2.35. The van der Waals surface area contributed by atoms with Crippen LogP contribution in [0.5, 0.6) is 0 Å². The number of aliphatic imine (C=N–C) groups is 1. The number of benzene rings is 2. The third-order valence-electron chi connectivity index (χ3n) is 4.00. The Morgan fingerprint density at radius 2 is 2.00 bits per heavy atom. The summed E-state index contributed by atoms with van der Waals surface area (Å²) in [5, 5.41) is 12.1. The van der Waals surface area contributed by atoms with Gasteiger partial charge in [0.15, 0.2) is 5.17 Å². The second kappa shape index (κ2) is 8.83. The molecule has 0 spiro atoms. The van der Waals surface area contributed by atoms with Gasteiger partial charge in [0.1, 0.15) is 5.25 Å². The lowest BCUT2D eigenvalue weighted by molar-refractivity contribution is -0.128. The number of amides is 2. The number of aliphatic hydroxyl groups is 1. The summed E-state index contributed by atoms with van der Waals surface area (Å²) < 4.78 is 0. The molecular formula is C20H21N3O3S. The molecule has 2 N–H and O–H groups in total. The Morgan fingerprint density at radius 1 is 1.22 bits per heavy atom. The van der Waals surface area contributed by atoms with Crippen molar-refractivity contribution in [3.63, 3.8) is 0 Å². The van der Waals surface area contributed by atoms with Gasteiger partial charge in [-0.25, -0.2) is 4.99 Å². The first kappa shape index (κ1) is 19.1. The van der Waals surface area contributed by atoms with Crippen LogP contribution in [0.15, 0.2) is 59.6 Å². The minimum Gasteiger partial charge on any atom is -0.395 e. The van der Waals surface area contributed by atoms with E-state index in [1.165, 1.54) is 16.7 Å². The summed E-state index contributed by atoms with van der Waals surface area (Å²) in [6.45, 7) is 1.95. The van der Waals surface area contributed by atoms with Crippen molar-refractivity contribution in [3.05, 3.63) is 60.2 Å². The second-order valence-corrected chi connectivity index (χ2v) is 7.34. The number of hydrogen-bond acceptors (Lipinski definition) is 5. The Labute approximate surface area is 162 Å². The van der Waals surface area contributed by atoms with E-state index in [1.54, 1.807) is 0 Å². The van der Waals surface area contributed by atoms with E-state index < -0.39 is 5.25 Å². The van der Waals surface area contributed by atoms with Crippen LogP contribution in [0.4, 0.5) is 11.4 Å². The molecule has 1 aliphatic rings. The van der Waals surface area contributed by atoms with E-state index >= 15 is 0 Å². The average Bonchev–Trinajstić information content (AvgIpc) is 2.91. The first-order valence-electron chi connectivity index (χ1n) is 8.66. The van der Waals surface area contributed by atoms with Gasteiger partial charge in [-0.1, -0.05) is 42.1 Å². The third kappa shape index (κ3) is 4.96. The molecule has 1 unspecified atom stereocenters. The number of anilines is 1. The number of aliphatic hydroxyl groups excluding tert-OH is 1. The maximum absolute atomic E-state index is 12.7. The van der Waals surface area contributed by atoms with Gasteiger partial charge >= 0.3 is 0 Å². The van der Waals surface area contributed by atoms with Crippen LogP contribution in [0.3, 0.4) is 0 Å². The molecule has 140 valence electrons. The predicted octanol–water partition coefficient (Wildman–Crippen LogP) is 2.95. The summed E-state index contributed by atoms with van der Waals surface area (Å²) in [6.07, 6.45) is 0.0488. The molecule has 0 aliphatic carbocycles. The lowest BCUT2D eigenvalue weighted by Gasteiger charge is -2.14. The molecule has 0 aromatic heterocycles. The summed E-state index contributed by atoms with van der Waals surface area (Å²) in [5.74, 6) is -0.431. The molecule has 1 fully saturated rings. The van der Waals surface area contributed by atoms with E-state index in [-0.39, 0.29) is 31.4 Å². The Balaban J connectivity index is 1.71. The number of carbonyl (C=O) groups is 2. The van der Waals surface area contributed by atoms with Crippen LogP contribution in [-0.2, 0) is 9.59 Å². The van der Waals surface area contributed by atoms with Gasteiger partial charge in [0.25, 0.3) is 0 Å². The first-order valence-corrected chi connectivity index (χ1v) is 9.54. The molecule has 1 atom stereocenters. The number of β-amino-alcohol motifs (C(OH)–C–C–N with tert-alkyl or cyclic N) is 1. The van der Waals surface area contributed by atoms with Gasteiger partial charge in [0.05, 0.1) is 18.8 Å². The Kier molecular flexibility index (Phi) is 6.26. The second-order valence-electron chi connectivity index (χ2n) is 6.17. The zero-order chi connectivity index (χ0) is 19.2. The van der Waals surface area contributed by atoms with Crippen LogP contribution in [0.25, 0.3) is 0 Å². The van der Waals surface area contributed by atoms with Gasteiger partial charge in [-0.3, -0.25) is 14.5 Å². The molecule has 3 rings (SSSR count). The number of nitrogens with one attached hydrogen (secondary N) is 1. The topological polar surface area (TPSA) is 82.0 Å². The summed E-state index contributed by atoms with van der Waals surface area (Å²) in [6, 6.07) is 16.8. The van der Waals surface area contributed by atoms with Gasteiger partial charge in [-0.15, -0.1) is 0 Å². The molecule has 0 radical (unpaired) electrons. The third-order valence-corrected chi connectivity index (χ3v) is 5.17. The molecule has 6 nitrogen and oxygen atoms in total. The highest BCUT2D eigenvalue weighted by Crippen LogP contribution is 2.31. The standard InChI is InChI=1S/C20H21N3O3S/c1-14-6-5-9-16(12-14)21-18(25)13-17-19(26)23(10-11-24)20(27-17)22-15-7-3-2-4-8-15/h2-9,12,17,24H,10-11,13H2,1H3,(H,21,25). The van der Waals surface area contributed by atoms with Gasteiger partial charge < -0.3 is 10.4 Å². The summed E-state index contributed by atoms with van der Waals surface area (Å²) in [5.41, 5.74) is 2.48. The quantitative estimate of drug-likeness (QED) is 0.804. The molecule has 0 bridgehead atoms. The van der Waals surface area contributed by atoms with Crippen molar-refractivity contribution in [1.29, 1.82) is 0 Å². The number of rotatable bonds is 6. The van der Waals surface area contributed by atoms with E-state index in [4.69, 9.17) is 0 Å². The maximum Gasteiger partial charge on any atom is 0.242 e. The minimum absolute atomic E-state index is 0.0488. The molecule has 1 aliphatic heterocycles. The van der Waals surface area contributed by atoms with Crippen molar-refractivity contribution in [2.75, 3.05) is 18.5 Å². The highest BCUT2D eigenvalue weighted by molar-refractivity contribution is 8.15. The van der Waals surface area contributed by atoms with Crippen molar-refractivity contribution in [2.24, 2.45) is 4.99 Å². The number of nitrogens with zero attached hydrogens (tertiary/aromatic N) is 2. The maximum atomic E-state index is 12.7. The lowest BCUT2D eigenvalue weighted by atomic mass is 10.2. The summed E-state index contributed by atoms with van der Waals surface area (Å²) in [7, 11) is 0. The van der Waals surface area contributed by atoms with Crippen LogP contribution in [-0.4, -0.2) is 45.4 Å². The number of thioether (sulfide) groups is 1. The van der Waals surface area contributed by atoms with Crippen molar-refractivity contribution in [3.8, 4) is 0 Å². The predicted molar refractivity (Wildman–Crippen MR) is 108 cm³/mol. The molecule has 1 heterocycles. The highest BCUT2D eigenvalue weighted by Gasteiger charge is 2.38. The van der Waals surface area contributed by atoms with Gasteiger partial charge in [0, 0.05) is 12.1 Å². The number of amidine groups is 1. The van der Waals surface area contributed by atoms with Crippen molar-refractivity contribution < 1.29 is 14.7 Å². The number of aryl methyl sites for hydroxylation is 1. The molecule has 2 aromatic carbocycles. The molecule has 0 saturated carbocycles. The van der Waals surface area contributed by atoms with Crippen LogP contribution >= 0.6 is 11.8 Å². The molecule has 7 heteroatoms. The zero-order valence-corrected chi connectivity index (χ0v) is 15.8. The normalized spacial score (nSPS) is 18.1. The van der Waals surface area contributed by atoms with Crippen molar-refractivity contribution in [2.45, 2.75) is 18.6 Å². The highest BCUT2D eigenvalue weighted by atomic mass is 32.2. The monoisotopic (exact) mass is 383 g/mol. The fourth-order valence-corrected chi connectivity index (χ4v) is 3.93. The Bertz CT molecular complexity index is 855. The zero-order valence-electron chi connectivity index (χ0n) is 15.0. The number of hydrogen-bond donors (Lipinski definition) is 2. The van der Waals surface area contributed by atoms with Crippen LogP contribution in [0.2, 0.25) is 0 Å². The van der Waals surface area contributed by atoms with E-state index in [1.807, 2.05) is 61.5 Å². The molecule has 2 aromatic rings. The number of para-hydroxylation sites is 1. The van der Waals surface area contributed by atoms with Crippen LogP contribution < -0.4 is 5.32 Å². The van der Waals surface area contributed by atoms with E-state index in [0.29, 0.717) is 10.9 Å². The first-order chi connectivity index (χ1) is 13.1. The average molecular weight is 383 g/mol. The SMILES string of the molecule is Cc1cccc(NC(=O)CC2SC(=Nc3ccccc3)N(CCO)C2=O)c1. The van der Waals surface area contributed by atoms with Gasteiger partial charge in [-0.2, -0.15) is 0 Å². The molecular weight excluding hydrogens is 362 g/mol. The van der Waals surface area contributed by atoms with Crippen LogP contribution in [0.1, 0.15) is 12.0 Å². The Morgan fingerprint density at radius 3 is 2.70 bits per heavy atom. The van der Waals surface area contributed by atoms with Crippen molar-refractivity contribution >= 4 is 40.1 Å². The smallest absolute Gasteiger partial charge is 0.242 e. The largest absolute Gasteiger partial charge is 0.395 e. The molecule has 2 amide bonds. The van der Waals surface area contributed by atoms with Crippen molar-refractivity contribution in [1.82, 2.24) is 4.90 Å². The Hall–Kier alpha value is -2.64. The van der Waals surface area contributed by atoms with Gasteiger partial charge in [0.2, 0.25) is 11.8 Å². The minimum atomic E-state index is -0.552. The molecule has 1 saturated heterocycles. The van der Waals surface area contributed by atoms with Gasteiger partial charge in [-0.05, 0) is 36.8 Å². The van der Waals surface area contributed by atoms with E-state index in [2.05, 4.69) is 10.3 Å². The summed E-state index contributed by atoms with van der Waals surface area (Å²) in [4.78, 5) is 31.0. The van der Waals surface area contributed by atoms with E-state index in [0.717, 1.165) is 11.3 Å². The summed E-state index contributed by atoms with van der Waals surface area (Å²) >= 11 is 1.26.